The standard InChI is InChI=1S/C14H13ClN2O4S/c15-14-4-2-1-3-12(14)9-16-22(20,21)10-11-5-7-13(8-6-11)17(18)19/h1-8,16H,9-10H2. The average Bonchev–Trinajstić information content (AvgIpc) is 2.46. The van der Waals surface area contributed by atoms with Gasteiger partial charge in [-0.15, -0.1) is 0 Å². The summed E-state index contributed by atoms with van der Waals surface area (Å²) in [6.45, 7) is 0.0923. The average molecular weight is 341 g/mol. The first kappa shape index (κ1) is 16.4. The second-order valence-corrected chi connectivity index (χ2v) is 6.81. The lowest BCUT2D eigenvalue weighted by Gasteiger charge is -2.08. The van der Waals surface area contributed by atoms with Crippen LogP contribution >= 0.6 is 11.6 Å². The molecule has 8 heteroatoms. The molecule has 0 spiro atoms. The fraction of sp³-hybridized carbons (Fsp3) is 0.143. The molecule has 2 rings (SSSR count). The Morgan fingerprint density at radius 2 is 1.73 bits per heavy atom. The smallest absolute Gasteiger partial charge is 0.258 e. The van der Waals surface area contributed by atoms with Gasteiger partial charge in [-0.05, 0) is 17.2 Å². The highest BCUT2D eigenvalue weighted by molar-refractivity contribution is 7.88. The third-order valence-electron chi connectivity index (χ3n) is 2.94. The molecule has 0 aliphatic carbocycles. The van der Waals surface area contributed by atoms with Crippen LogP contribution in [-0.4, -0.2) is 13.3 Å². The van der Waals surface area contributed by atoms with E-state index in [-0.39, 0.29) is 18.0 Å². The Bertz CT molecular complexity index is 776. The summed E-state index contributed by atoms with van der Waals surface area (Å²) in [4.78, 5) is 10.0. The van der Waals surface area contributed by atoms with E-state index in [1.165, 1.54) is 24.3 Å². The van der Waals surface area contributed by atoms with Crippen LogP contribution in [0.15, 0.2) is 48.5 Å². The third-order valence-corrected chi connectivity index (χ3v) is 4.61. The largest absolute Gasteiger partial charge is 0.269 e. The number of hydrogen-bond donors (Lipinski definition) is 1. The van der Waals surface area contributed by atoms with Crippen molar-refractivity contribution in [1.82, 2.24) is 4.72 Å². The van der Waals surface area contributed by atoms with E-state index in [0.717, 1.165) is 0 Å². The summed E-state index contributed by atoms with van der Waals surface area (Å²) in [7, 11) is -3.56. The minimum atomic E-state index is -3.56. The number of nitro benzene ring substituents is 1. The van der Waals surface area contributed by atoms with E-state index < -0.39 is 14.9 Å². The minimum absolute atomic E-state index is 0.0785. The summed E-state index contributed by atoms with van der Waals surface area (Å²) >= 11 is 5.96. The summed E-state index contributed by atoms with van der Waals surface area (Å²) in [5, 5.41) is 11.0. The van der Waals surface area contributed by atoms with Gasteiger partial charge in [0.1, 0.15) is 0 Å². The lowest BCUT2D eigenvalue weighted by atomic mass is 10.2. The molecule has 0 aromatic heterocycles. The lowest BCUT2D eigenvalue weighted by Crippen LogP contribution is -2.24. The predicted molar refractivity (Wildman–Crippen MR) is 84.0 cm³/mol. The Hall–Kier alpha value is -1.96. The Morgan fingerprint density at radius 1 is 1.09 bits per heavy atom. The molecule has 0 aliphatic rings. The molecular formula is C14H13ClN2O4S. The minimum Gasteiger partial charge on any atom is -0.258 e. The first-order valence-corrected chi connectivity index (χ1v) is 8.34. The van der Waals surface area contributed by atoms with Crippen LogP contribution in [0.5, 0.6) is 0 Å². The maximum Gasteiger partial charge on any atom is 0.269 e. The highest BCUT2D eigenvalue weighted by Gasteiger charge is 2.13. The molecule has 0 amide bonds. The molecule has 0 saturated carbocycles. The molecule has 0 radical (unpaired) electrons. The van der Waals surface area contributed by atoms with E-state index in [0.29, 0.717) is 16.1 Å². The van der Waals surface area contributed by atoms with Crippen molar-refractivity contribution in [3.63, 3.8) is 0 Å². The summed E-state index contributed by atoms with van der Waals surface area (Å²) in [6, 6.07) is 12.3. The first-order chi connectivity index (χ1) is 10.4. The highest BCUT2D eigenvalue weighted by atomic mass is 35.5. The van der Waals surface area contributed by atoms with Gasteiger partial charge in [-0.2, -0.15) is 0 Å². The van der Waals surface area contributed by atoms with Crippen LogP contribution < -0.4 is 4.72 Å². The molecule has 116 valence electrons. The van der Waals surface area contributed by atoms with E-state index >= 15 is 0 Å². The van der Waals surface area contributed by atoms with Gasteiger partial charge in [0, 0.05) is 23.7 Å². The van der Waals surface area contributed by atoms with E-state index in [1.807, 2.05) is 0 Å². The Morgan fingerprint density at radius 3 is 2.32 bits per heavy atom. The van der Waals surface area contributed by atoms with Crippen molar-refractivity contribution in [1.29, 1.82) is 0 Å². The fourth-order valence-electron chi connectivity index (χ4n) is 1.81. The molecular weight excluding hydrogens is 328 g/mol. The Kier molecular flexibility index (Phi) is 5.12. The van der Waals surface area contributed by atoms with Crippen LogP contribution in [0.1, 0.15) is 11.1 Å². The highest BCUT2D eigenvalue weighted by Crippen LogP contribution is 2.16. The molecule has 0 unspecified atom stereocenters. The second-order valence-electron chi connectivity index (χ2n) is 4.60. The predicted octanol–water partition coefficient (Wildman–Crippen LogP) is 2.87. The normalized spacial score (nSPS) is 11.3. The second kappa shape index (κ2) is 6.87. The van der Waals surface area contributed by atoms with Crippen LogP contribution in [0.3, 0.4) is 0 Å². The SMILES string of the molecule is O=[N+]([O-])c1ccc(CS(=O)(=O)NCc2ccccc2Cl)cc1. The summed E-state index contributed by atoms with van der Waals surface area (Å²) in [5.41, 5.74) is 1.07. The molecule has 0 heterocycles. The van der Waals surface area contributed by atoms with Crippen molar-refractivity contribution in [3.8, 4) is 0 Å². The van der Waals surface area contributed by atoms with Gasteiger partial charge in [-0.1, -0.05) is 41.9 Å². The van der Waals surface area contributed by atoms with Crippen LogP contribution in [0.25, 0.3) is 0 Å². The van der Waals surface area contributed by atoms with E-state index in [2.05, 4.69) is 4.72 Å². The zero-order valence-corrected chi connectivity index (χ0v) is 13.0. The van der Waals surface area contributed by atoms with Gasteiger partial charge in [-0.25, -0.2) is 13.1 Å². The van der Waals surface area contributed by atoms with Gasteiger partial charge in [0.15, 0.2) is 0 Å². The van der Waals surface area contributed by atoms with Gasteiger partial charge in [-0.3, -0.25) is 10.1 Å². The summed E-state index contributed by atoms with van der Waals surface area (Å²) in [6.07, 6.45) is 0. The van der Waals surface area contributed by atoms with E-state index in [9.17, 15) is 18.5 Å². The van der Waals surface area contributed by atoms with Crippen LogP contribution in [0, 0.1) is 10.1 Å². The van der Waals surface area contributed by atoms with Crippen molar-refractivity contribution in [2.24, 2.45) is 0 Å². The molecule has 1 N–H and O–H groups in total. The van der Waals surface area contributed by atoms with Gasteiger partial charge < -0.3 is 0 Å². The number of benzene rings is 2. The van der Waals surface area contributed by atoms with Gasteiger partial charge in [0.25, 0.3) is 5.69 Å². The molecule has 22 heavy (non-hydrogen) atoms. The molecule has 2 aromatic rings. The fourth-order valence-corrected chi connectivity index (χ4v) is 3.13. The van der Waals surface area contributed by atoms with Crippen molar-refractivity contribution < 1.29 is 13.3 Å². The molecule has 0 atom stereocenters. The number of nitrogens with zero attached hydrogens (tertiary/aromatic N) is 1. The molecule has 0 bridgehead atoms. The van der Waals surface area contributed by atoms with Crippen LogP contribution in [0.2, 0.25) is 5.02 Å². The maximum absolute atomic E-state index is 12.0. The number of nitro groups is 1. The van der Waals surface area contributed by atoms with Crippen molar-refractivity contribution >= 4 is 27.3 Å². The molecule has 0 aliphatic heterocycles. The molecule has 0 saturated heterocycles. The molecule has 0 fully saturated rings. The lowest BCUT2D eigenvalue weighted by molar-refractivity contribution is -0.384. The molecule has 6 nitrogen and oxygen atoms in total. The quantitative estimate of drug-likeness (QED) is 0.646. The topological polar surface area (TPSA) is 89.3 Å². The Labute approximate surface area is 132 Å². The van der Waals surface area contributed by atoms with Crippen LogP contribution in [0.4, 0.5) is 5.69 Å². The van der Waals surface area contributed by atoms with Gasteiger partial charge >= 0.3 is 0 Å². The number of nitrogens with one attached hydrogen (secondary N) is 1. The number of hydrogen-bond acceptors (Lipinski definition) is 4. The first-order valence-electron chi connectivity index (χ1n) is 6.31. The number of halogens is 1. The van der Waals surface area contributed by atoms with Crippen molar-refractivity contribution in [2.45, 2.75) is 12.3 Å². The number of rotatable bonds is 6. The zero-order valence-electron chi connectivity index (χ0n) is 11.4. The number of sulfonamides is 1. The third kappa shape index (κ3) is 4.52. The zero-order chi connectivity index (χ0) is 16.2. The van der Waals surface area contributed by atoms with Crippen molar-refractivity contribution in [3.05, 3.63) is 74.8 Å². The summed E-state index contributed by atoms with van der Waals surface area (Å²) < 4.78 is 26.5. The van der Waals surface area contributed by atoms with Crippen LogP contribution in [-0.2, 0) is 22.3 Å². The van der Waals surface area contributed by atoms with E-state index in [1.54, 1.807) is 24.3 Å². The van der Waals surface area contributed by atoms with E-state index in [4.69, 9.17) is 11.6 Å². The monoisotopic (exact) mass is 340 g/mol. The maximum atomic E-state index is 12.0. The van der Waals surface area contributed by atoms with Crippen molar-refractivity contribution in [2.75, 3.05) is 0 Å². The van der Waals surface area contributed by atoms with Gasteiger partial charge in [0.05, 0.1) is 10.7 Å². The Balaban J connectivity index is 2.02. The summed E-state index contributed by atoms with van der Waals surface area (Å²) in [5.74, 6) is -0.255. The molecule has 2 aromatic carbocycles. The number of non-ortho nitro benzene ring substituents is 1. The van der Waals surface area contributed by atoms with Gasteiger partial charge in [0.2, 0.25) is 10.0 Å².